The molecule has 0 spiro atoms. The highest BCUT2D eigenvalue weighted by Crippen LogP contribution is 2.35. The SMILES string of the molecule is COc1ccc2ccc(O)c(CNC(c3ccc(F)cc3)C(C)(C)C)c2c1. The van der Waals surface area contributed by atoms with Gasteiger partial charge in [-0.2, -0.15) is 0 Å². The molecule has 3 aromatic carbocycles. The zero-order valence-electron chi connectivity index (χ0n) is 16.2. The average molecular weight is 367 g/mol. The molecule has 142 valence electrons. The monoisotopic (exact) mass is 367 g/mol. The van der Waals surface area contributed by atoms with E-state index >= 15 is 0 Å². The molecule has 0 saturated heterocycles. The van der Waals surface area contributed by atoms with E-state index in [1.165, 1.54) is 12.1 Å². The van der Waals surface area contributed by atoms with Gasteiger partial charge in [0.15, 0.2) is 0 Å². The minimum absolute atomic E-state index is 0.00151. The molecule has 0 aliphatic carbocycles. The van der Waals surface area contributed by atoms with E-state index in [4.69, 9.17) is 4.74 Å². The maximum atomic E-state index is 13.3. The molecule has 0 aromatic heterocycles. The fraction of sp³-hybridized carbons (Fsp3) is 0.304. The van der Waals surface area contributed by atoms with Crippen molar-refractivity contribution in [1.82, 2.24) is 5.32 Å². The summed E-state index contributed by atoms with van der Waals surface area (Å²) in [4.78, 5) is 0. The normalized spacial score (nSPS) is 12.9. The Morgan fingerprint density at radius 3 is 2.33 bits per heavy atom. The highest BCUT2D eigenvalue weighted by Gasteiger charge is 2.26. The van der Waals surface area contributed by atoms with Crippen molar-refractivity contribution in [2.45, 2.75) is 33.4 Å². The summed E-state index contributed by atoms with van der Waals surface area (Å²) in [5.41, 5.74) is 1.75. The predicted octanol–water partition coefficient (Wildman–Crippen LogP) is 5.57. The number of rotatable bonds is 5. The molecule has 0 amide bonds. The summed E-state index contributed by atoms with van der Waals surface area (Å²) in [5, 5.41) is 16.0. The molecule has 3 rings (SSSR count). The Labute approximate surface area is 159 Å². The van der Waals surface area contributed by atoms with Crippen molar-refractivity contribution in [1.29, 1.82) is 0 Å². The first-order valence-corrected chi connectivity index (χ1v) is 9.07. The first-order chi connectivity index (χ1) is 12.8. The third-order valence-electron chi connectivity index (χ3n) is 4.87. The number of nitrogens with one attached hydrogen (secondary N) is 1. The van der Waals surface area contributed by atoms with Gasteiger partial charge >= 0.3 is 0 Å². The van der Waals surface area contributed by atoms with Gasteiger partial charge in [-0.15, -0.1) is 0 Å². The third kappa shape index (κ3) is 4.22. The number of halogens is 1. The smallest absolute Gasteiger partial charge is 0.123 e. The average Bonchev–Trinajstić information content (AvgIpc) is 2.63. The highest BCUT2D eigenvalue weighted by atomic mass is 19.1. The van der Waals surface area contributed by atoms with Crippen molar-refractivity contribution in [3.63, 3.8) is 0 Å². The lowest BCUT2D eigenvalue weighted by atomic mass is 9.82. The lowest BCUT2D eigenvalue weighted by Gasteiger charge is -2.32. The summed E-state index contributed by atoms with van der Waals surface area (Å²) in [5.74, 6) is 0.750. The Hall–Kier alpha value is -2.59. The summed E-state index contributed by atoms with van der Waals surface area (Å²) in [7, 11) is 1.63. The molecule has 0 fully saturated rings. The minimum atomic E-state index is -0.245. The topological polar surface area (TPSA) is 41.5 Å². The van der Waals surface area contributed by atoms with E-state index in [1.807, 2.05) is 36.4 Å². The van der Waals surface area contributed by atoms with Crippen LogP contribution in [0.3, 0.4) is 0 Å². The lowest BCUT2D eigenvalue weighted by molar-refractivity contribution is 0.270. The van der Waals surface area contributed by atoms with Crippen molar-refractivity contribution >= 4 is 10.8 Å². The van der Waals surface area contributed by atoms with Gasteiger partial charge in [-0.25, -0.2) is 4.39 Å². The van der Waals surface area contributed by atoms with Gasteiger partial charge in [0.25, 0.3) is 0 Å². The van der Waals surface area contributed by atoms with Gasteiger partial charge in [0.1, 0.15) is 17.3 Å². The van der Waals surface area contributed by atoms with Crippen LogP contribution in [0.2, 0.25) is 0 Å². The van der Waals surface area contributed by atoms with E-state index in [0.717, 1.165) is 27.6 Å². The van der Waals surface area contributed by atoms with Crippen LogP contribution in [-0.2, 0) is 6.54 Å². The molecule has 3 aromatic rings. The molecular weight excluding hydrogens is 341 g/mol. The van der Waals surface area contributed by atoms with Crippen LogP contribution in [0.15, 0.2) is 54.6 Å². The van der Waals surface area contributed by atoms with Gasteiger partial charge in [-0.3, -0.25) is 0 Å². The van der Waals surface area contributed by atoms with E-state index in [2.05, 4.69) is 26.1 Å². The molecule has 1 atom stereocenters. The minimum Gasteiger partial charge on any atom is -0.508 e. The number of hydrogen-bond donors (Lipinski definition) is 2. The highest BCUT2D eigenvalue weighted by molar-refractivity contribution is 5.88. The van der Waals surface area contributed by atoms with E-state index in [1.54, 1.807) is 13.2 Å². The van der Waals surface area contributed by atoms with E-state index in [9.17, 15) is 9.50 Å². The Bertz CT molecular complexity index is 930. The van der Waals surface area contributed by atoms with Gasteiger partial charge in [-0.1, -0.05) is 45.0 Å². The standard InChI is InChI=1S/C23H26FNO2/c1-23(2,3)22(16-5-9-17(24)10-6-16)25-14-20-19-13-18(27-4)11-7-15(19)8-12-21(20)26/h5-13,22,25-26H,14H2,1-4H3. The van der Waals surface area contributed by atoms with E-state index in [0.29, 0.717) is 6.54 Å². The van der Waals surface area contributed by atoms with Crippen LogP contribution in [0, 0.1) is 11.2 Å². The van der Waals surface area contributed by atoms with Crippen molar-refractivity contribution in [2.24, 2.45) is 5.41 Å². The summed E-state index contributed by atoms with van der Waals surface area (Å²) < 4.78 is 18.7. The van der Waals surface area contributed by atoms with Crippen LogP contribution >= 0.6 is 0 Å². The number of ether oxygens (including phenoxy) is 1. The van der Waals surface area contributed by atoms with Gasteiger partial charge in [0.2, 0.25) is 0 Å². The van der Waals surface area contributed by atoms with E-state index in [-0.39, 0.29) is 23.0 Å². The number of benzene rings is 3. The summed E-state index contributed by atoms with van der Waals surface area (Å²) in [6.45, 7) is 6.90. The maximum Gasteiger partial charge on any atom is 0.123 e. The molecule has 2 N–H and O–H groups in total. The second-order valence-electron chi connectivity index (χ2n) is 7.88. The Morgan fingerprint density at radius 2 is 1.70 bits per heavy atom. The number of fused-ring (bicyclic) bond motifs is 1. The molecule has 0 radical (unpaired) electrons. The lowest BCUT2D eigenvalue weighted by Crippen LogP contribution is -2.32. The molecule has 0 aliphatic heterocycles. The summed E-state index contributed by atoms with van der Waals surface area (Å²) in [6, 6.07) is 16.0. The van der Waals surface area contributed by atoms with Crippen molar-refractivity contribution < 1.29 is 14.2 Å². The van der Waals surface area contributed by atoms with Gasteiger partial charge in [0, 0.05) is 18.2 Å². The molecule has 27 heavy (non-hydrogen) atoms. The van der Waals surface area contributed by atoms with Crippen molar-refractivity contribution in [2.75, 3.05) is 7.11 Å². The number of phenolic OH excluding ortho intramolecular Hbond substituents is 1. The van der Waals surface area contributed by atoms with Crippen LogP contribution in [0.1, 0.15) is 37.9 Å². The number of hydrogen-bond acceptors (Lipinski definition) is 3. The Balaban J connectivity index is 1.95. The maximum absolute atomic E-state index is 13.3. The van der Waals surface area contributed by atoms with Gasteiger partial charge < -0.3 is 15.2 Å². The Kier molecular flexibility index (Phi) is 5.38. The van der Waals surface area contributed by atoms with Gasteiger partial charge in [-0.05, 0) is 52.1 Å². The number of phenols is 1. The fourth-order valence-electron chi connectivity index (χ4n) is 3.45. The first-order valence-electron chi connectivity index (χ1n) is 9.07. The molecule has 1 unspecified atom stereocenters. The third-order valence-corrected chi connectivity index (χ3v) is 4.87. The molecule has 0 saturated carbocycles. The first kappa shape index (κ1) is 19.2. The molecule has 4 heteroatoms. The van der Waals surface area contributed by atoms with Crippen LogP contribution in [0.4, 0.5) is 4.39 Å². The quantitative estimate of drug-likeness (QED) is 0.619. The van der Waals surface area contributed by atoms with Crippen LogP contribution in [-0.4, -0.2) is 12.2 Å². The summed E-state index contributed by atoms with van der Waals surface area (Å²) in [6.07, 6.45) is 0. The molecule has 0 aliphatic rings. The molecular formula is C23H26FNO2. The Morgan fingerprint density at radius 1 is 1.04 bits per heavy atom. The molecule has 0 bridgehead atoms. The van der Waals surface area contributed by atoms with Crippen LogP contribution in [0.5, 0.6) is 11.5 Å². The fourth-order valence-corrected chi connectivity index (χ4v) is 3.45. The zero-order valence-corrected chi connectivity index (χ0v) is 16.2. The molecule has 0 heterocycles. The van der Waals surface area contributed by atoms with E-state index < -0.39 is 0 Å². The molecule has 3 nitrogen and oxygen atoms in total. The second-order valence-corrected chi connectivity index (χ2v) is 7.88. The van der Waals surface area contributed by atoms with Crippen molar-refractivity contribution in [3.8, 4) is 11.5 Å². The number of methoxy groups -OCH3 is 1. The van der Waals surface area contributed by atoms with Crippen LogP contribution in [0.25, 0.3) is 10.8 Å². The summed E-state index contributed by atoms with van der Waals surface area (Å²) >= 11 is 0. The predicted molar refractivity (Wildman–Crippen MR) is 108 cm³/mol. The number of aromatic hydroxyl groups is 1. The van der Waals surface area contributed by atoms with Crippen molar-refractivity contribution in [3.05, 3.63) is 71.5 Å². The van der Waals surface area contributed by atoms with Gasteiger partial charge in [0.05, 0.1) is 7.11 Å². The largest absolute Gasteiger partial charge is 0.508 e. The zero-order chi connectivity index (χ0) is 19.6. The second kappa shape index (κ2) is 7.57. The van der Waals surface area contributed by atoms with Crippen LogP contribution < -0.4 is 10.1 Å².